The van der Waals surface area contributed by atoms with Crippen molar-refractivity contribution in [3.8, 4) is 11.5 Å². The minimum Gasteiger partial charge on any atom is -0.492 e. The van der Waals surface area contributed by atoms with Crippen molar-refractivity contribution in [3.05, 3.63) is 57.6 Å². The zero-order chi connectivity index (χ0) is 21.9. The molecule has 0 aliphatic rings. The number of nitrogens with one attached hydrogen (secondary N) is 2. The number of unbranched alkanes of at least 4 members (excludes halogenated alkanes) is 3. The Labute approximate surface area is 186 Å². The smallest absolute Gasteiger partial charge is 0.276 e. The minimum atomic E-state index is -0.447. The van der Waals surface area contributed by atoms with Crippen molar-refractivity contribution in [2.24, 2.45) is 0 Å². The van der Waals surface area contributed by atoms with Crippen molar-refractivity contribution >= 4 is 27.7 Å². The molecule has 6 nitrogen and oxygen atoms in total. The summed E-state index contributed by atoms with van der Waals surface area (Å²) >= 11 is 3.43. The largest absolute Gasteiger partial charge is 0.492 e. The van der Waals surface area contributed by atoms with Crippen LogP contribution in [0.5, 0.6) is 11.5 Å². The number of aryl methyl sites for hydroxylation is 2. The molecule has 30 heavy (non-hydrogen) atoms. The van der Waals surface area contributed by atoms with Gasteiger partial charge in [-0.25, -0.2) is 0 Å². The van der Waals surface area contributed by atoms with Crippen molar-refractivity contribution in [2.45, 2.75) is 46.5 Å². The number of rotatable bonds is 10. The molecule has 0 fully saturated rings. The molecule has 0 atom stereocenters. The Bertz CT molecular complexity index is 850. The highest BCUT2D eigenvalue weighted by Gasteiger charge is 2.12. The summed E-state index contributed by atoms with van der Waals surface area (Å²) in [5, 5.41) is 0. The minimum absolute atomic E-state index is 0.194. The van der Waals surface area contributed by atoms with Crippen LogP contribution < -0.4 is 20.3 Å². The van der Waals surface area contributed by atoms with Crippen LogP contribution in [0.4, 0.5) is 0 Å². The first kappa shape index (κ1) is 23.7. The molecule has 0 bridgehead atoms. The number of hydrogen-bond donors (Lipinski definition) is 2. The third kappa shape index (κ3) is 7.37. The molecule has 0 saturated carbocycles. The Morgan fingerprint density at radius 1 is 0.967 bits per heavy atom. The molecule has 2 rings (SSSR count). The van der Waals surface area contributed by atoms with Gasteiger partial charge in [0.15, 0.2) is 6.61 Å². The van der Waals surface area contributed by atoms with Gasteiger partial charge < -0.3 is 9.47 Å². The quantitative estimate of drug-likeness (QED) is 0.378. The van der Waals surface area contributed by atoms with E-state index in [2.05, 4.69) is 33.7 Å². The van der Waals surface area contributed by atoms with E-state index in [0.717, 1.165) is 24.0 Å². The first-order valence-electron chi connectivity index (χ1n) is 10.1. The number of hydrazine groups is 1. The second-order valence-corrected chi connectivity index (χ2v) is 7.92. The van der Waals surface area contributed by atoms with E-state index in [1.165, 1.54) is 12.8 Å². The fourth-order valence-electron chi connectivity index (χ4n) is 2.87. The molecule has 2 amide bonds. The Morgan fingerprint density at radius 3 is 2.37 bits per heavy atom. The van der Waals surface area contributed by atoms with Gasteiger partial charge in [-0.1, -0.05) is 44.4 Å². The van der Waals surface area contributed by atoms with Crippen LogP contribution >= 0.6 is 15.9 Å². The highest BCUT2D eigenvalue weighted by molar-refractivity contribution is 9.10. The van der Waals surface area contributed by atoms with Gasteiger partial charge in [0.2, 0.25) is 0 Å². The van der Waals surface area contributed by atoms with Crippen LogP contribution in [0.1, 0.15) is 54.1 Å². The van der Waals surface area contributed by atoms with Gasteiger partial charge in [0.05, 0.1) is 11.1 Å². The van der Waals surface area contributed by atoms with E-state index in [9.17, 15) is 9.59 Å². The maximum atomic E-state index is 12.3. The van der Waals surface area contributed by atoms with E-state index in [1.54, 1.807) is 18.2 Å². The number of benzene rings is 2. The maximum absolute atomic E-state index is 12.3. The van der Waals surface area contributed by atoms with E-state index in [-0.39, 0.29) is 6.61 Å². The lowest BCUT2D eigenvalue weighted by atomic mass is 10.1. The molecule has 0 unspecified atom stereocenters. The second-order valence-electron chi connectivity index (χ2n) is 7.07. The van der Waals surface area contributed by atoms with Crippen molar-refractivity contribution in [2.75, 3.05) is 13.2 Å². The molecule has 0 aromatic heterocycles. The third-order valence-electron chi connectivity index (χ3n) is 4.52. The molecule has 0 spiro atoms. The predicted molar refractivity (Wildman–Crippen MR) is 121 cm³/mol. The van der Waals surface area contributed by atoms with E-state index in [1.807, 2.05) is 32.0 Å². The van der Waals surface area contributed by atoms with E-state index in [0.29, 0.717) is 28.1 Å². The molecule has 0 radical (unpaired) electrons. The molecule has 7 heteroatoms. The molecule has 0 aliphatic carbocycles. The fourth-order valence-corrected chi connectivity index (χ4v) is 3.36. The van der Waals surface area contributed by atoms with Gasteiger partial charge in [-0.3, -0.25) is 20.4 Å². The molecule has 0 saturated heterocycles. The van der Waals surface area contributed by atoms with Crippen molar-refractivity contribution in [1.82, 2.24) is 10.9 Å². The molecule has 2 aromatic carbocycles. The standard InChI is InChI=1S/C23H29BrN2O4/c1-4-5-6-7-13-29-20-12-11-18(14-19(20)24)23(28)26-25-21(27)15-30-22-16(2)9-8-10-17(22)3/h8-12,14H,4-7,13,15H2,1-3H3,(H,25,27)(H,26,28). The summed E-state index contributed by atoms with van der Waals surface area (Å²) in [7, 11) is 0. The zero-order valence-corrected chi connectivity index (χ0v) is 19.3. The zero-order valence-electron chi connectivity index (χ0n) is 17.7. The summed E-state index contributed by atoms with van der Waals surface area (Å²) in [6, 6.07) is 10.8. The van der Waals surface area contributed by atoms with Gasteiger partial charge >= 0.3 is 0 Å². The van der Waals surface area contributed by atoms with Crippen LogP contribution in [-0.4, -0.2) is 25.0 Å². The lowest BCUT2D eigenvalue weighted by Gasteiger charge is -2.13. The molecule has 0 aliphatic heterocycles. The fraction of sp³-hybridized carbons (Fsp3) is 0.391. The highest BCUT2D eigenvalue weighted by Crippen LogP contribution is 2.26. The lowest BCUT2D eigenvalue weighted by molar-refractivity contribution is -0.123. The van der Waals surface area contributed by atoms with Crippen molar-refractivity contribution < 1.29 is 19.1 Å². The molecular formula is C23H29BrN2O4. The average molecular weight is 477 g/mol. The number of carbonyl (C=O) groups excluding carboxylic acids is 2. The topological polar surface area (TPSA) is 76.7 Å². The molecule has 162 valence electrons. The molecule has 2 N–H and O–H groups in total. The predicted octanol–water partition coefficient (Wildman–Crippen LogP) is 4.87. The molecule has 0 heterocycles. The second kappa shape index (κ2) is 12.2. The van der Waals surface area contributed by atoms with E-state index in [4.69, 9.17) is 9.47 Å². The lowest BCUT2D eigenvalue weighted by Crippen LogP contribution is -2.43. The van der Waals surface area contributed by atoms with Crippen LogP contribution in [-0.2, 0) is 4.79 Å². The Hall–Kier alpha value is -2.54. The van der Waals surface area contributed by atoms with Crippen LogP contribution in [0.25, 0.3) is 0 Å². The first-order chi connectivity index (χ1) is 14.4. The van der Waals surface area contributed by atoms with Gasteiger partial charge in [0.25, 0.3) is 11.8 Å². The first-order valence-corrected chi connectivity index (χ1v) is 10.9. The summed E-state index contributed by atoms with van der Waals surface area (Å²) in [5.41, 5.74) is 7.06. The van der Waals surface area contributed by atoms with Crippen LogP contribution in [0.15, 0.2) is 40.9 Å². The number of ether oxygens (including phenoxy) is 2. The van der Waals surface area contributed by atoms with Crippen LogP contribution in [0, 0.1) is 13.8 Å². The summed E-state index contributed by atoms with van der Waals surface area (Å²) in [4.78, 5) is 24.3. The van der Waals surface area contributed by atoms with Crippen molar-refractivity contribution in [1.29, 1.82) is 0 Å². The summed E-state index contributed by atoms with van der Waals surface area (Å²) in [5.74, 6) is 0.491. The molecular weight excluding hydrogens is 448 g/mol. The van der Waals surface area contributed by atoms with Gasteiger partial charge in [-0.05, 0) is 65.5 Å². The Balaban J connectivity index is 1.80. The van der Waals surface area contributed by atoms with Gasteiger partial charge in [0, 0.05) is 5.56 Å². The summed E-state index contributed by atoms with van der Waals surface area (Å²) in [6.07, 6.45) is 4.52. The van der Waals surface area contributed by atoms with Gasteiger partial charge in [0.1, 0.15) is 11.5 Å². The summed E-state index contributed by atoms with van der Waals surface area (Å²) in [6.45, 7) is 6.44. The van der Waals surface area contributed by atoms with Gasteiger partial charge in [-0.2, -0.15) is 0 Å². The Kier molecular flexibility index (Phi) is 9.67. The average Bonchev–Trinajstić information content (AvgIpc) is 2.72. The number of halogens is 1. The van der Waals surface area contributed by atoms with E-state index < -0.39 is 11.8 Å². The van der Waals surface area contributed by atoms with E-state index >= 15 is 0 Å². The van der Waals surface area contributed by atoms with Crippen LogP contribution in [0.2, 0.25) is 0 Å². The van der Waals surface area contributed by atoms with Crippen LogP contribution in [0.3, 0.4) is 0 Å². The normalized spacial score (nSPS) is 10.4. The number of para-hydroxylation sites is 1. The van der Waals surface area contributed by atoms with Gasteiger partial charge in [-0.15, -0.1) is 0 Å². The maximum Gasteiger partial charge on any atom is 0.276 e. The third-order valence-corrected chi connectivity index (χ3v) is 5.14. The number of hydrogen-bond acceptors (Lipinski definition) is 4. The van der Waals surface area contributed by atoms with Crippen molar-refractivity contribution in [3.63, 3.8) is 0 Å². The number of carbonyl (C=O) groups is 2. The highest BCUT2D eigenvalue weighted by atomic mass is 79.9. The SMILES string of the molecule is CCCCCCOc1ccc(C(=O)NNC(=O)COc2c(C)cccc2C)cc1Br. The Morgan fingerprint density at radius 2 is 1.70 bits per heavy atom. The molecule has 2 aromatic rings. The monoisotopic (exact) mass is 476 g/mol. The number of amides is 2. The summed E-state index contributed by atoms with van der Waals surface area (Å²) < 4.78 is 12.0.